The molecule has 0 aliphatic rings. The second kappa shape index (κ2) is 8.81. The van der Waals surface area contributed by atoms with Crippen molar-refractivity contribution in [1.82, 2.24) is 0 Å². The third kappa shape index (κ3) is 4.54. The Bertz CT molecular complexity index is 953. The molecule has 6 nitrogen and oxygen atoms in total. The summed E-state index contributed by atoms with van der Waals surface area (Å²) in [5.74, 6) is 2.85. The molecule has 1 N–H and O–H groups in total. The van der Waals surface area contributed by atoms with E-state index in [1.54, 1.807) is 62.8 Å². The van der Waals surface area contributed by atoms with Crippen LogP contribution in [0.1, 0.15) is 10.4 Å². The third-order valence-electron chi connectivity index (χ3n) is 4.03. The van der Waals surface area contributed by atoms with Crippen molar-refractivity contribution in [2.24, 2.45) is 0 Å². The molecule has 0 bridgehead atoms. The lowest BCUT2D eigenvalue weighted by molar-refractivity contribution is 0.102. The molecule has 3 aromatic rings. The van der Waals surface area contributed by atoms with Gasteiger partial charge in [0, 0.05) is 17.3 Å². The molecule has 0 saturated carbocycles. The molecule has 0 spiro atoms. The van der Waals surface area contributed by atoms with Crippen LogP contribution in [0, 0.1) is 0 Å². The van der Waals surface area contributed by atoms with Crippen molar-refractivity contribution in [3.8, 4) is 28.7 Å². The number of hydrogen-bond donors (Lipinski definition) is 1. The van der Waals surface area contributed by atoms with Gasteiger partial charge in [-0.3, -0.25) is 4.79 Å². The predicted molar refractivity (Wildman–Crippen MR) is 107 cm³/mol. The van der Waals surface area contributed by atoms with E-state index < -0.39 is 0 Å². The van der Waals surface area contributed by atoms with Crippen LogP contribution in [0.15, 0.2) is 66.7 Å². The molecule has 0 unspecified atom stereocenters. The minimum atomic E-state index is -0.248. The summed E-state index contributed by atoms with van der Waals surface area (Å²) in [6.07, 6.45) is 0. The molecule has 0 aromatic heterocycles. The number of rotatable bonds is 7. The van der Waals surface area contributed by atoms with Gasteiger partial charge in [-0.15, -0.1) is 0 Å². The van der Waals surface area contributed by atoms with Crippen LogP contribution in [-0.2, 0) is 0 Å². The van der Waals surface area contributed by atoms with Crippen molar-refractivity contribution in [3.05, 3.63) is 72.3 Å². The van der Waals surface area contributed by atoms with E-state index in [0.717, 1.165) is 5.75 Å². The molecule has 0 saturated heterocycles. The van der Waals surface area contributed by atoms with Crippen molar-refractivity contribution in [2.45, 2.75) is 0 Å². The summed E-state index contributed by atoms with van der Waals surface area (Å²) < 4.78 is 21.4. The lowest BCUT2D eigenvalue weighted by Crippen LogP contribution is -2.12. The summed E-state index contributed by atoms with van der Waals surface area (Å²) in [4.78, 5) is 12.5. The first-order valence-corrected chi connectivity index (χ1v) is 8.58. The molecule has 3 aromatic carbocycles. The number of anilines is 1. The fraction of sp³-hybridized carbons (Fsp3) is 0.136. The number of nitrogens with one attached hydrogen (secondary N) is 1. The zero-order valence-electron chi connectivity index (χ0n) is 15.9. The van der Waals surface area contributed by atoms with E-state index in [0.29, 0.717) is 34.2 Å². The van der Waals surface area contributed by atoms with Crippen LogP contribution in [0.25, 0.3) is 0 Å². The monoisotopic (exact) mass is 379 g/mol. The molecule has 0 heterocycles. The number of hydrogen-bond acceptors (Lipinski definition) is 5. The molecule has 0 atom stereocenters. The van der Waals surface area contributed by atoms with Crippen LogP contribution < -0.4 is 24.3 Å². The van der Waals surface area contributed by atoms with Gasteiger partial charge in [0.2, 0.25) is 0 Å². The first-order valence-electron chi connectivity index (χ1n) is 8.58. The van der Waals surface area contributed by atoms with Gasteiger partial charge < -0.3 is 24.3 Å². The van der Waals surface area contributed by atoms with Gasteiger partial charge in [-0.1, -0.05) is 6.07 Å². The van der Waals surface area contributed by atoms with Crippen LogP contribution in [0.2, 0.25) is 0 Å². The average Bonchev–Trinajstić information content (AvgIpc) is 2.74. The Morgan fingerprint density at radius 2 is 1.43 bits per heavy atom. The summed E-state index contributed by atoms with van der Waals surface area (Å²) >= 11 is 0. The van der Waals surface area contributed by atoms with Gasteiger partial charge in [-0.25, -0.2) is 0 Å². The van der Waals surface area contributed by atoms with Crippen LogP contribution in [0.3, 0.4) is 0 Å². The second-order valence-corrected chi connectivity index (χ2v) is 5.83. The van der Waals surface area contributed by atoms with Crippen LogP contribution >= 0.6 is 0 Å². The molecule has 1 amide bonds. The van der Waals surface area contributed by atoms with Gasteiger partial charge in [0.25, 0.3) is 5.91 Å². The third-order valence-corrected chi connectivity index (χ3v) is 4.03. The smallest absolute Gasteiger partial charge is 0.255 e. The van der Waals surface area contributed by atoms with Gasteiger partial charge >= 0.3 is 0 Å². The maximum Gasteiger partial charge on any atom is 0.255 e. The number of methoxy groups -OCH3 is 3. The fourth-order valence-corrected chi connectivity index (χ4v) is 2.59. The maximum atomic E-state index is 12.5. The lowest BCUT2D eigenvalue weighted by atomic mass is 10.2. The number of carbonyl (C=O) groups is 1. The normalized spacial score (nSPS) is 10.1. The first-order chi connectivity index (χ1) is 13.6. The highest BCUT2D eigenvalue weighted by molar-refractivity contribution is 6.04. The van der Waals surface area contributed by atoms with Gasteiger partial charge in [0.05, 0.1) is 21.3 Å². The molecule has 3 rings (SSSR count). The molecule has 0 aliphatic carbocycles. The zero-order valence-corrected chi connectivity index (χ0v) is 15.9. The fourth-order valence-electron chi connectivity index (χ4n) is 2.59. The van der Waals surface area contributed by atoms with E-state index in [4.69, 9.17) is 18.9 Å². The number of benzene rings is 3. The van der Waals surface area contributed by atoms with Crippen molar-refractivity contribution < 1.29 is 23.7 Å². The van der Waals surface area contributed by atoms with E-state index in [1.165, 1.54) is 7.11 Å². The number of ether oxygens (including phenoxy) is 4. The molecule has 28 heavy (non-hydrogen) atoms. The summed E-state index contributed by atoms with van der Waals surface area (Å²) in [6.45, 7) is 0. The van der Waals surface area contributed by atoms with Crippen LogP contribution in [0.5, 0.6) is 28.7 Å². The summed E-state index contributed by atoms with van der Waals surface area (Å²) in [7, 11) is 4.68. The van der Waals surface area contributed by atoms with E-state index in [1.807, 2.05) is 18.2 Å². The average molecular weight is 379 g/mol. The molecule has 0 radical (unpaired) electrons. The molecule has 0 fully saturated rings. The standard InChI is InChI=1S/C22H21NO5/c1-25-18-5-4-6-19(14-18)28-17-10-8-16(9-11-17)23-22(24)15-7-12-20(26-2)21(13-15)27-3/h4-14H,1-3H3,(H,23,24). The van der Waals surface area contributed by atoms with Crippen molar-refractivity contribution in [1.29, 1.82) is 0 Å². The van der Waals surface area contributed by atoms with Crippen LogP contribution in [0.4, 0.5) is 5.69 Å². The number of carbonyl (C=O) groups excluding carboxylic acids is 1. The van der Waals surface area contributed by atoms with E-state index in [9.17, 15) is 4.79 Å². The van der Waals surface area contributed by atoms with Crippen molar-refractivity contribution in [3.63, 3.8) is 0 Å². The summed E-state index contributed by atoms with van der Waals surface area (Å²) in [6, 6.07) is 19.5. The zero-order chi connectivity index (χ0) is 19.9. The Balaban J connectivity index is 1.67. The molecule has 144 valence electrons. The quantitative estimate of drug-likeness (QED) is 0.641. The Kier molecular flexibility index (Phi) is 6.01. The highest BCUT2D eigenvalue weighted by Crippen LogP contribution is 2.29. The predicted octanol–water partition coefficient (Wildman–Crippen LogP) is 4.76. The number of amides is 1. The van der Waals surface area contributed by atoms with Gasteiger partial charge in [0.1, 0.15) is 17.2 Å². The molecular weight excluding hydrogens is 358 g/mol. The SMILES string of the molecule is COc1cccc(Oc2ccc(NC(=O)c3ccc(OC)c(OC)c3)cc2)c1. The van der Waals surface area contributed by atoms with Gasteiger partial charge in [0.15, 0.2) is 11.5 Å². The van der Waals surface area contributed by atoms with E-state index in [-0.39, 0.29) is 5.91 Å². The van der Waals surface area contributed by atoms with Crippen molar-refractivity contribution >= 4 is 11.6 Å². The highest BCUT2D eigenvalue weighted by atomic mass is 16.5. The summed E-state index contributed by atoms with van der Waals surface area (Å²) in [5.41, 5.74) is 1.12. The molecule has 0 aliphatic heterocycles. The first kappa shape index (κ1) is 19.1. The van der Waals surface area contributed by atoms with E-state index in [2.05, 4.69) is 5.32 Å². The Morgan fingerprint density at radius 3 is 2.11 bits per heavy atom. The minimum absolute atomic E-state index is 0.248. The molecule has 6 heteroatoms. The van der Waals surface area contributed by atoms with Crippen molar-refractivity contribution in [2.75, 3.05) is 26.6 Å². The van der Waals surface area contributed by atoms with Gasteiger partial charge in [-0.05, 0) is 54.6 Å². The Hall–Kier alpha value is -3.67. The minimum Gasteiger partial charge on any atom is -0.497 e. The Morgan fingerprint density at radius 1 is 0.714 bits per heavy atom. The maximum absolute atomic E-state index is 12.5. The van der Waals surface area contributed by atoms with Crippen LogP contribution in [-0.4, -0.2) is 27.2 Å². The molecular formula is C22H21NO5. The summed E-state index contributed by atoms with van der Waals surface area (Å²) in [5, 5.41) is 2.85. The Labute approximate surface area is 163 Å². The largest absolute Gasteiger partial charge is 0.497 e. The second-order valence-electron chi connectivity index (χ2n) is 5.83. The van der Waals surface area contributed by atoms with E-state index >= 15 is 0 Å². The topological polar surface area (TPSA) is 66.0 Å². The highest BCUT2D eigenvalue weighted by Gasteiger charge is 2.11. The van der Waals surface area contributed by atoms with Gasteiger partial charge in [-0.2, -0.15) is 0 Å². The lowest BCUT2D eigenvalue weighted by Gasteiger charge is -2.11.